The van der Waals surface area contributed by atoms with Crippen molar-refractivity contribution in [2.24, 2.45) is 0 Å². The number of hydrogen-bond acceptors (Lipinski definition) is 5. The fraction of sp³-hybridized carbons (Fsp3) is 0.120. The molecule has 2 N–H and O–H groups in total. The Bertz CT molecular complexity index is 1320. The Hall–Kier alpha value is -3.91. The molecule has 1 fully saturated rings. The van der Waals surface area contributed by atoms with Gasteiger partial charge in [0, 0.05) is 17.3 Å². The molecule has 0 bridgehead atoms. The van der Waals surface area contributed by atoms with E-state index in [0.29, 0.717) is 12.4 Å². The lowest BCUT2D eigenvalue weighted by atomic mass is 9.95. The maximum Gasteiger partial charge on any atom is 0.300 e. The van der Waals surface area contributed by atoms with Crippen molar-refractivity contribution < 1.29 is 33.3 Å². The monoisotopic (exact) mass is 485 g/mol. The molecule has 0 aliphatic carbocycles. The van der Waals surface area contributed by atoms with Crippen LogP contribution >= 0.6 is 11.6 Å². The smallest absolute Gasteiger partial charge is 0.300 e. The zero-order valence-corrected chi connectivity index (χ0v) is 18.5. The molecule has 1 unspecified atom stereocenters. The Kier molecular flexibility index (Phi) is 6.26. The van der Waals surface area contributed by atoms with Crippen LogP contribution in [0.1, 0.15) is 24.1 Å². The van der Waals surface area contributed by atoms with Crippen molar-refractivity contribution in [3.05, 3.63) is 94.0 Å². The molecule has 3 aromatic rings. The van der Waals surface area contributed by atoms with Gasteiger partial charge in [0.1, 0.15) is 17.3 Å². The Morgan fingerprint density at radius 2 is 1.74 bits per heavy atom. The first-order chi connectivity index (χ1) is 16.2. The number of aromatic hydroxyl groups is 1. The fourth-order valence-corrected chi connectivity index (χ4v) is 3.96. The van der Waals surface area contributed by atoms with E-state index in [4.69, 9.17) is 16.3 Å². The molecule has 6 nitrogen and oxygen atoms in total. The van der Waals surface area contributed by atoms with Crippen LogP contribution in [0.15, 0.2) is 66.2 Å². The molecule has 1 saturated heterocycles. The van der Waals surface area contributed by atoms with Crippen molar-refractivity contribution in [3.8, 4) is 11.5 Å². The first kappa shape index (κ1) is 23.3. The highest BCUT2D eigenvalue weighted by Gasteiger charge is 2.47. The summed E-state index contributed by atoms with van der Waals surface area (Å²) in [7, 11) is 0. The lowest BCUT2D eigenvalue weighted by Crippen LogP contribution is -2.29. The van der Waals surface area contributed by atoms with Gasteiger partial charge in [0.2, 0.25) is 0 Å². The zero-order valence-electron chi connectivity index (χ0n) is 17.8. The Morgan fingerprint density at radius 3 is 2.35 bits per heavy atom. The number of phenolic OH excluding ortho intramolecular Hbond substituents is 1. The van der Waals surface area contributed by atoms with E-state index in [1.165, 1.54) is 30.3 Å². The van der Waals surface area contributed by atoms with Gasteiger partial charge in [-0.15, -0.1) is 0 Å². The van der Waals surface area contributed by atoms with E-state index < -0.39 is 35.1 Å². The molecule has 174 valence electrons. The molecule has 4 rings (SSSR count). The Balaban J connectivity index is 1.92. The number of carbonyl (C=O) groups excluding carboxylic acids is 2. The van der Waals surface area contributed by atoms with Crippen molar-refractivity contribution in [3.63, 3.8) is 0 Å². The summed E-state index contributed by atoms with van der Waals surface area (Å²) in [6, 6.07) is 11.8. The summed E-state index contributed by atoms with van der Waals surface area (Å²) in [6.07, 6.45) is 0. The number of benzene rings is 3. The third kappa shape index (κ3) is 4.08. The predicted molar refractivity (Wildman–Crippen MR) is 122 cm³/mol. The molecule has 34 heavy (non-hydrogen) atoms. The first-order valence-electron chi connectivity index (χ1n) is 10.2. The van der Waals surface area contributed by atoms with E-state index in [9.17, 15) is 28.6 Å². The molecule has 0 spiro atoms. The highest BCUT2D eigenvalue weighted by molar-refractivity contribution is 6.51. The molecule has 1 atom stereocenters. The van der Waals surface area contributed by atoms with Crippen molar-refractivity contribution >= 4 is 34.7 Å². The molecule has 0 aromatic heterocycles. The van der Waals surface area contributed by atoms with Crippen LogP contribution in [0.3, 0.4) is 0 Å². The predicted octanol–water partition coefficient (Wildman–Crippen LogP) is 5.35. The van der Waals surface area contributed by atoms with Gasteiger partial charge in [0.05, 0.1) is 23.2 Å². The number of Topliss-reactive ketones (excluding diaryl/α,β-unsaturated/α-hetero) is 1. The molecule has 0 radical (unpaired) electrons. The van der Waals surface area contributed by atoms with Crippen molar-refractivity contribution in [2.45, 2.75) is 13.0 Å². The van der Waals surface area contributed by atoms with Gasteiger partial charge in [-0.1, -0.05) is 17.7 Å². The van der Waals surface area contributed by atoms with Gasteiger partial charge in [0.15, 0.2) is 11.6 Å². The van der Waals surface area contributed by atoms with Gasteiger partial charge >= 0.3 is 0 Å². The number of ether oxygens (including phenoxy) is 1. The summed E-state index contributed by atoms with van der Waals surface area (Å²) in [5.74, 6) is -4.57. The van der Waals surface area contributed by atoms with Crippen molar-refractivity contribution in [1.82, 2.24) is 0 Å². The minimum Gasteiger partial charge on any atom is -0.507 e. The van der Waals surface area contributed by atoms with Gasteiger partial charge in [-0.25, -0.2) is 8.78 Å². The fourth-order valence-electron chi connectivity index (χ4n) is 3.77. The van der Waals surface area contributed by atoms with Gasteiger partial charge in [0.25, 0.3) is 11.7 Å². The van der Waals surface area contributed by atoms with Crippen LogP contribution in [-0.4, -0.2) is 28.5 Å². The average Bonchev–Trinajstić information content (AvgIpc) is 3.08. The number of ketones is 1. The topological polar surface area (TPSA) is 87.1 Å². The number of anilines is 1. The molecular formula is C25H18ClF2NO5. The van der Waals surface area contributed by atoms with E-state index in [1.807, 2.05) is 6.92 Å². The maximum absolute atomic E-state index is 14.0. The summed E-state index contributed by atoms with van der Waals surface area (Å²) >= 11 is 6.06. The lowest BCUT2D eigenvalue weighted by Gasteiger charge is -2.25. The summed E-state index contributed by atoms with van der Waals surface area (Å²) in [5, 5.41) is 20.8. The number of amides is 1. The number of halogens is 3. The van der Waals surface area contributed by atoms with Crippen LogP contribution in [0.4, 0.5) is 14.5 Å². The third-order valence-corrected chi connectivity index (χ3v) is 5.65. The van der Waals surface area contributed by atoms with Crippen LogP contribution in [0.5, 0.6) is 11.5 Å². The number of rotatable bonds is 5. The summed E-state index contributed by atoms with van der Waals surface area (Å²) in [6.45, 7) is 2.25. The second-order valence-corrected chi connectivity index (χ2v) is 7.84. The third-order valence-electron chi connectivity index (χ3n) is 5.35. The molecule has 1 aliphatic rings. The van der Waals surface area contributed by atoms with E-state index in [1.54, 1.807) is 12.1 Å². The average molecular weight is 486 g/mol. The first-order valence-corrected chi connectivity index (χ1v) is 10.6. The summed E-state index contributed by atoms with van der Waals surface area (Å²) < 4.78 is 32.9. The number of hydrogen-bond donors (Lipinski definition) is 2. The van der Waals surface area contributed by atoms with Crippen LogP contribution in [0, 0.1) is 11.6 Å². The van der Waals surface area contributed by atoms with Crippen LogP contribution in [0.2, 0.25) is 5.02 Å². The number of phenols is 1. The number of aliphatic hydroxyl groups excluding tert-OH is 1. The van der Waals surface area contributed by atoms with E-state index in [-0.39, 0.29) is 33.2 Å². The van der Waals surface area contributed by atoms with Gasteiger partial charge < -0.3 is 14.9 Å². The van der Waals surface area contributed by atoms with E-state index in [0.717, 1.165) is 23.1 Å². The zero-order chi connectivity index (χ0) is 24.6. The largest absolute Gasteiger partial charge is 0.507 e. The van der Waals surface area contributed by atoms with Crippen LogP contribution < -0.4 is 9.64 Å². The van der Waals surface area contributed by atoms with E-state index in [2.05, 4.69) is 0 Å². The minimum atomic E-state index is -1.23. The lowest BCUT2D eigenvalue weighted by molar-refractivity contribution is -0.132. The number of nitrogens with zero attached hydrogens (tertiary/aromatic N) is 1. The maximum atomic E-state index is 14.0. The number of aliphatic hydroxyl groups is 1. The van der Waals surface area contributed by atoms with Gasteiger partial charge in [-0.05, 0) is 61.0 Å². The van der Waals surface area contributed by atoms with Crippen LogP contribution in [-0.2, 0) is 9.59 Å². The molecule has 0 saturated carbocycles. The molecule has 3 aromatic carbocycles. The van der Waals surface area contributed by atoms with Crippen molar-refractivity contribution in [1.29, 1.82) is 0 Å². The second-order valence-electron chi connectivity index (χ2n) is 7.44. The Labute approximate surface area is 198 Å². The molecule has 1 aliphatic heterocycles. The minimum absolute atomic E-state index is 0.0607. The molecule has 1 heterocycles. The summed E-state index contributed by atoms with van der Waals surface area (Å²) in [5.41, 5.74) is 0.127. The highest BCUT2D eigenvalue weighted by Crippen LogP contribution is 2.43. The van der Waals surface area contributed by atoms with Crippen LogP contribution in [0.25, 0.3) is 5.76 Å². The summed E-state index contributed by atoms with van der Waals surface area (Å²) in [4.78, 5) is 27.1. The quantitative estimate of drug-likeness (QED) is 0.289. The standard InChI is InChI=1S/C25H18ClF2NO5/c1-2-34-16-7-3-13(4-8-16)23(31)21-22(14-5-10-20(30)17(26)11-14)29(25(33)24(21)32)15-6-9-18(27)19(28)12-15/h3-12,22,30-31H,2H2,1H3/b23-21+. The van der Waals surface area contributed by atoms with Crippen molar-refractivity contribution in [2.75, 3.05) is 11.5 Å². The number of carbonyl (C=O) groups is 2. The molecular weight excluding hydrogens is 468 g/mol. The SMILES string of the molecule is CCOc1ccc(/C(O)=C2\C(=O)C(=O)N(c3ccc(F)c(F)c3)C2c2ccc(O)c(Cl)c2)cc1. The van der Waals surface area contributed by atoms with Gasteiger partial charge in [-0.2, -0.15) is 0 Å². The Morgan fingerprint density at radius 1 is 1.03 bits per heavy atom. The molecule has 1 amide bonds. The van der Waals surface area contributed by atoms with E-state index >= 15 is 0 Å². The normalized spacial score (nSPS) is 17.3. The van der Waals surface area contributed by atoms with Gasteiger partial charge in [-0.3, -0.25) is 14.5 Å². The molecule has 9 heteroatoms. The highest BCUT2D eigenvalue weighted by atomic mass is 35.5. The second kappa shape index (κ2) is 9.15.